The minimum absolute atomic E-state index is 0.203. The summed E-state index contributed by atoms with van der Waals surface area (Å²) >= 11 is 0. The Balaban J connectivity index is 1.80. The molecule has 0 saturated heterocycles. The largest absolute Gasteiger partial charge is 0.448 e. The molecule has 19 heavy (non-hydrogen) atoms. The van der Waals surface area contributed by atoms with Crippen molar-refractivity contribution in [2.45, 2.75) is 6.54 Å². The van der Waals surface area contributed by atoms with E-state index in [-0.39, 0.29) is 6.61 Å². The van der Waals surface area contributed by atoms with E-state index in [1.54, 1.807) is 0 Å². The summed E-state index contributed by atoms with van der Waals surface area (Å²) in [5.74, 6) is 0.948. The lowest BCUT2D eigenvalue weighted by molar-refractivity contribution is 0.157. The average molecular weight is 262 g/mol. The number of nitrogens with one attached hydrogen (secondary N) is 1. The van der Waals surface area contributed by atoms with Crippen molar-refractivity contribution >= 4 is 6.09 Å². The van der Waals surface area contributed by atoms with Crippen LogP contribution in [0, 0.1) is 0 Å². The highest BCUT2D eigenvalue weighted by molar-refractivity contribution is 5.64. The predicted octanol–water partition coefficient (Wildman–Crippen LogP) is 0.921. The van der Waals surface area contributed by atoms with Gasteiger partial charge in [-0.2, -0.15) is 0 Å². The monoisotopic (exact) mass is 262 g/mol. The SMILES string of the molecule is NC(=O)OCCNCc1nnc(-c2ccccc2)o1. The van der Waals surface area contributed by atoms with Gasteiger partial charge in [-0.3, -0.25) is 0 Å². The smallest absolute Gasteiger partial charge is 0.404 e. The number of hydrogen-bond donors (Lipinski definition) is 2. The van der Waals surface area contributed by atoms with Gasteiger partial charge in [0.15, 0.2) is 0 Å². The second kappa shape index (κ2) is 6.50. The van der Waals surface area contributed by atoms with Gasteiger partial charge in [-0.25, -0.2) is 4.79 Å². The molecule has 1 aromatic heterocycles. The summed E-state index contributed by atoms with van der Waals surface area (Å²) < 4.78 is 10.0. The molecule has 1 aromatic carbocycles. The van der Waals surface area contributed by atoms with E-state index in [9.17, 15) is 4.79 Å². The molecule has 0 atom stereocenters. The van der Waals surface area contributed by atoms with Crippen LogP contribution in [0.1, 0.15) is 5.89 Å². The third-order valence-electron chi connectivity index (χ3n) is 2.29. The first kappa shape index (κ1) is 13.0. The minimum atomic E-state index is -0.786. The maximum absolute atomic E-state index is 10.3. The summed E-state index contributed by atoms with van der Waals surface area (Å²) in [5.41, 5.74) is 5.70. The molecule has 0 aliphatic rings. The molecule has 0 unspecified atom stereocenters. The van der Waals surface area contributed by atoms with E-state index in [2.05, 4.69) is 20.3 Å². The third-order valence-corrected chi connectivity index (χ3v) is 2.29. The number of rotatable bonds is 6. The fraction of sp³-hybridized carbons (Fsp3) is 0.250. The standard InChI is InChI=1S/C12H14N4O3/c13-12(17)18-7-6-14-8-10-15-16-11(19-10)9-4-2-1-3-5-9/h1-5,14H,6-8H2,(H2,13,17). The van der Waals surface area contributed by atoms with Gasteiger partial charge in [0.2, 0.25) is 11.8 Å². The molecule has 0 spiro atoms. The molecule has 3 N–H and O–H groups in total. The topological polar surface area (TPSA) is 103 Å². The molecule has 1 amide bonds. The molecule has 0 saturated carbocycles. The molecule has 0 bridgehead atoms. The zero-order valence-corrected chi connectivity index (χ0v) is 10.2. The van der Waals surface area contributed by atoms with Gasteiger partial charge >= 0.3 is 6.09 Å². The van der Waals surface area contributed by atoms with Gasteiger partial charge in [0, 0.05) is 12.1 Å². The van der Waals surface area contributed by atoms with Crippen molar-refractivity contribution in [3.63, 3.8) is 0 Å². The molecule has 0 radical (unpaired) electrons. The highest BCUT2D eigenvalue weighted by Gasteiger charge is 2.07. The minimum Gasteiger partial charge on any atom is -0.448 e. The predicted molar refractivity (Wildman–Crippen MR) is 67.0 cm³/mol. The van der Waals surface area contributed by atoms with E-state index in [0.717, 1.165) is 5.56 Å². The number of hydrogen-bond acceptors (Lipinski definition) is 6. The zero-order valence-electron chi connectivity index (χ0n) is 10.2. The summed E-state index contributed by atoms with van der Waals surface area (Å²) in [6.07, 6.45) is -0.786. The maximum atomic E-state index is 10.3. The van der Waals surface area contributed by atoms with Gasteiger partial charge in [-0.1, -0.05) is 18.2 Å². The number of carbonyl (C=O) groups excluding carboxylic acids is 1. The lowest BCUT2D eigenvalue weighted by Crippen LogP contribution is -2.23. The lowest BCUT2D eigenvalue weighted by Gasteiger charge is -2.01. The Hall–Kier alpha value is -2.41. The van der Waals surface area contributed by atoms with Crippen LogP contribution in [-0.2, 0) is 11.3 Å². The first-order valence-electron chi connectivity index (χ1n) is 5.76. The Bertz CT molecular complexity index is 527. The lowest BCUT2D eigenvalue weighted by atomic mass is 10.2. The van der Waals surface area contributed by atoms with Crippen LogP contribution in [0.25, 0.3) is 11.5 Å². The van der Waals surface area contributed by atoms with E-state index in [1.165, 1.54) is 0 Å². The van der Waals surface area contributed by atoms with Crippen LogP contribution in [-0.4, -0.2) is 29.4 Å². The van der Waals surface area contributed by atoms with E-state index in [0.29, 0.717) is 24.9 Å². The summed E-state index contributed by atoms with van der Waals surface area (Å²) in [7, 11) is 0. The molecule has 100 valence electrons. The maximum Gasteiger partial charge on any atom is 0.404 e. The van der Waals surface area contributed by atoms with Crippen LogP contribution >= 0.6 is 0 Å². The summed E-state index contributed by atoms with van der Waals surface area (Å²) in [6.45, 7) is 1.07. The summed E-state index contributed by atoms with van der Waals surface area (Å²) in [5, 5.41) is 10.9. The normalized spacial score (nSPS) is 10.3. The van der Waals surface area contributed by atoms with E-state index in [1.807, 2.05) is 30.3 Å². The van der Waals surface area contributed by atoms with Crippen LogP contribution in [0.2, 0.25) is 0 Å². The zero-order chi connectivity index (χ0) is 13.5. The van der Waals surface area contributed by atoms with Crippen LogP contribution in [0.3, 0.4) is 0 Å². The number of nitrogens with two attached hydrogens (primary N) is 1. The van der Waals surface area contributed by atoms with E-state index in [4.69, 9.17) is 10.2 Å². The molecule has 1 heterocycles. The second-order valence-corrected chi connectivity index (χ2v) is 3.71. The van der Waals surface area contributed by atoms with Crippen molar-refractivity contribution < 1.29 is 13.9 Å². The molecule has 2 aromatic rings. The number of amides is 1. The van der Waals surface area contributed by atoms with Gasteiger partial charge in [-0.05, 0) is 12.1 Å². The van der Waals surface area contributed by atoms with Gasteiger partial charge in [0.1, 0.15) is 6.61 Å². The van der Waals surface area contributed by atoms with Gasteiger partial charge in [-0.15, -0.1) is 10.2 Å². The fourth-order valence-corrected chi connectivity index (χ4v) is 1.44. The Morgan fingerprint density at radius 1 is 1.32 bits per heavy atom. The van der Waals surface area contributed by atoms with Crippen LogP contribution in [0.15, 0.2) is 34.7 Å². The Kier molecular flexibility index (Phi) is 4.46. The Labute approximate surface area is 109 Å². The van der Waals surface area contributed by atoms with Crippen LogP contribution < -0.4 is 11.1 Å². The Morgan fingerprint density at radius 3 is 2.84 bits per heavy atom. The third kappa shape index (κ3) is 4.07. The van der Waals surface area contributed by atoms with Gasteiger partial charge in [0.05, 0.1) is 6.54 Å². The first-order chi connectivity index (χ1) is 9.25. The van der Waals surface area contributed by atoms with Crippen molar-refractivity contribution in [2.24, 2.45) is 5.73 Å². The number of ether oxygens (including phenoxy) is 1. The molecule has 0 aliphatic heterocycles. The number of benzene rings is 1. The van der Waals surface area contributed by atoms with Crippen molar-refractivity contribution in [1.82, 2.24) is 15.5 Å². The van der Waals surface area contributed by atoms with Crippen molar-refractivity contribution in [1.29, 1.82) is 0 Å². The van der Waals surface area contributed by atoms with Crippen LogP contribution in [0.4, 0.5) is 4.79 Å². The Morgan fingerprint density at radius 2 is 2.11 bits per heavy atom. The van der Waals surface area contributed by atoms with Crippen molar-refractivity contribution in [3.05, 3.63) is 36.2 Å². The summed E-state index contributed by atoms with van der Waals surface area (Å²) in [4.78, 5) is 10.3. The van der Waals surface area contributed by atoms with Crippen molar-refractivity contribution in [3.8, 4) is 11.5 Å². The average Bonchev–Trinajstić information content (AvgIpc) is 2.88. The number of nitrogens with zero attached hydrogens (tertiary/aromatic N) is 2. The molecular formula is C12H14N4O3. The summed E-state index contributed by atoms with van der Waals surface area (Å²) in [6, 6.07) is 9.51. The fourth-order valence-electron chi connectivity index (χ4n) is 1.44. The number of aromatic nitrogens is 2. The van der Waals surface area contributed by atoms with Gasteiger partial charge in [0.25, 0.3) is 0 Å². The highest BCUT2D eigenvalue weighted by atomic mass is 16.5. The molecule has 0 fully saturated rings. The molecule has 2 rings (SSSR count). The molecule has 7 heteroatoms. The number of primary amides is 1. The quantitative estimate of drug-likeness (QED) is 0.750. The highest BCUT2D eigenvalue weighted by Crippen LogP contribution is 2.16. The van der Waals surface area contributed by atoms with Crippen LogP contribution in [0.5, 0.6) is 0 Å². The number of carbonyl (C=O) groups is 1. The van der Waals surface area contributed by atoms with E-state index >= 15 is 0 Å². The second-order valence-electron chi connectivity index (χ2n) is 3.71. The van der Waals surface area contributed by atoms with E-state index < -0.39 is 6.09 Å². The van der Waals surface area contributed by atoms with Crippen molar-refractivity contribution in [2.75, 3.05) is 13.2 Å². The van der Waals surface area contributed by atoms with Gasteiger partial charge < -0.3 is 20.2 Å². The first-order valence-corrected chi connectivity index (χ1v) is 5.76. The molecule has 7 nitrogen and oxygen atoms in total. The molecular weight excluding hydrogens is 248 g/mol. The molecule has 0 aliphatic carbocycles.